The van der Waals surface area contributed by atoms with E-state index in [0.717, 1.165) is 40.1 Å². The van der Waals surface area contributed by atoms with E-state index in [1.807, 2.05) is 24.3 Å². The van der Waals surface area contributed by atoms with Crippen molar-refractivity contribution in [3.63, 3.8) is 0 Å². The van der Waals surface area contributed by atoms with Crippen molar-refractivity contribution < 1.29 is 4.79 Å². The Balaban J connectivity index is 1.56. The van der Waals surface area contributed by atoms with Gasteiger partial charge in [0.25, 0.3) is 5.56 Å². The Bertz CT molecular complexity index is 1510. The van der Waals surface area contributed by atoms with Crippen LogP contribution in [0.25, 0.3) is 21.5 Å². The largest absolute Gasteiger partial charge is 0.373 e. The predicted molar refractivity (Wildman–Crippen MR) is 126 cm³/mol. The topological polar surface area (TPSA) is 88.9 Å². The van der Waals surface area contributed by atoms with Crippen LogP contribution in [0.4, 0.5) is 11.6 Å². The summed E-state index contributed by atoms with van der Waals surface area (Å²) in [5, 5.41) is 9.15. The zero-order valence-corrected chi connectivity index (χ0v) is 17.8. The molecule has 0 unspecified atom stereocenters. The SMILES string of the molecule is CNc1ncc(C#Cc2ccc3c(=O)n(C)ccc3c2)c2cc(NC(=O)C3CC3)ncc12. The van der Waals surface area contributed by atoms with Crippen LogP contribution in [0.15, 0.2) is 53.7 Å². The third-order valence-electron chi connectivity index (χ3n) is 5.63. The van der Waals surface area contributed by atoms with Crippen LogP contribution in [0.2, 0.25) is 0 Å². The molecule has 3 aromatic heterocycles. The van der Waals surface area contributed by atoms with E-state index < -0.39 is 0 Å². The maximum Gasteiger partial charge on any atom is 0.258 e. The lowest BCUT2D eigenvalue weighted by Crippen LogP contribution is -2.15. The molecule has 0 radical (unpaired) electrons. The molecule has 1 amide bonds. The third kappa shape index (κ3) is 3.67. The van der Waals surface area contributed by atoms with Crippen LogP contribution in [0.1, 0.15) is 24.0 Å². The molecule has 1 saturated carbocycles. The summed E-state index contributed by atoms with van der Waals surface area (Å²) < 4.78 is 1.56. The van der Waals surface area contributed by atoms with Gasteiger partial charge in [0.05, 0.1) is 5.56 Å². The molecule has 158 valence electrons. The van der Waals surface area contributed by atoms with Crippen LogP contribution < -0.4 is 16.2 Å². The normalized spacial score (nSPS) is 12.9. The summed E-state index contributed by atoms with van der Waals surface area (Å²) in [7, 11) is 3.54. The lowest BCUT2D eigenvalue weighted by atomic mass is 10.1. The molecule has 4 aromatic rings. The molecule has 1 aliphatic carbocycles. The summed E-state index contributed by atoms with van der Waals surface area (Å²) in [5.41, 5.74) is 1.49. The second-order valence-electron chi connectivity index (χ2n) is 7.93. The van der Waals surface area contributed by atoms with Gasteiger partial charge in [-0.1, -0.05) is 11.8 Å². The number of fused-ring (bicyclic) bond motifs is 2. The molecule has 2 N–H and O–H groups in total. The van der Waals surface area contributed by atoms with Gasteiger partial charge in [0.1, 0.15) is 11.6 Å². The van der Waals surface area contributed by atoms with E-state index in [1.54, 1.807) is 43.3 Å². The molecule has 0 saturated heterocycles. The van der Waals surface area contributed by atoms with Crippen molar-refractivity contribution >= 4 is 39.1 Å². The van der Waals surface area contributed by atoms with Crippen molar-refractivity contribution in [1.29, 1.82) is 0 Å². The number of aryl methyl sites for hydroxylation is 1. The summed E-state index contributed by atoms with van der Waals surface area (Å²) in [6.07, 6.45) is 7.03. The van der Waals surface area contributed by atoms with Gasteiger partial charge in [-0.25, -0.2) is 9.97 Å². The Morgan fingerprint density at radius 1 is 1.06 bits per heavy atom. The highest BCUT2D eigenvalue weighted by atomic mass is 16.2. The number of carbonyl (C=O) groups excluding carboxylic acids is 1. The monoisotopic (exact) mass is 423 g/mol. The molecule has 7 heteroatoms. The standard InChI is InChI=1S/C25H21N5O2/c1-26-23-21-14-27-22(29-24(31)16-6-7-16)12-20(21)18(13-28-23)5-3-15-4-8-19-17(11-15)9-10-30(2)25(19)32/h4,8-14,16H,6-7H2,1-2H3,(H,26,28)(H,27,29,31). The van der Waals surface area contributed by atoms with Crippen molar-refractivity contribution in [2.24, 2.45) is 13.0 Å². The van der Waals surface area contributed by atoms with Crippen molar-refractivity contribution in [3.8, 4) is 11.8 Å². The van der Waals surface area contributed by atoms with Crippen LogP contribution in [0.3, 0.4) is 0 Å². The number of rotatable bonds is 3. The lowest BCUT2D eigenvalue weighted by Gasteiger charge is -2.09. The molecule has 1 aliphatic rings. The second-order valence-corrected chi connectivity index (χ2v) is 7.93. The first kappa shape index (κ1) is 19.8. The number of aromatic nitrogens is 3. The minimum Gasteiger partial charge on any atom is -0.373 e. The average molecular weight is 423 g/mol. The van der Waals surface area contributed by atoms with Gasteiger partial charge in [0.2, 0.25) is 5.91 Å². The quantitative estimate of drug-likeness (QED) is 0.494. The highest BCUT2D eigenvalue weighted by molar-refractivity contribution is 5.99. The van der Waals surface area contributed by atoms with E-state index in [9.17, 15) is 9.59 Å². The van der Waals surface area contributed by atoms with Gasteiger partial charge < -0.3 is 15.2 Å². The molecule has 0 atom stereocenters. The van der Waals surface area contributed by atoms with Crippen molar-refractivity contribution in [2.45, 2.75) is 12.8 Å². The molecule has 0 spiro atoms. The van der Waals surface area contributed by atoms with E-state index in [-0.39, 0.29) is 17.4 Å². The van der Waals surface area contributed by atoms with Gasteiger partial charge in [0.15, 0.2) is 0 Å². The van der Waals surface area contributed by atoms with Gasteiger partial charge in [0, 0.05) is 60.3 Å². The first-order valence-electron chi connectivity index (χ1n) is 10.4. The summed E-state index contributed by atoms with van der Waals surface area (Å²) in [5.74, 6) is 7.68. The Hall–Kier alpha value is -4.18. The minimum absolute atomic E-state index is 0.00897. The molecular weight excluding hydrogens is 402 g/mol. The van der Waals surface area contributed by atoms with Gasteiger partial charge in [-0.3, -0.25) is 9.59 Å². The number of hydrogen-bond donors (Lipinski definition) is 2. The Labute approximate surface area is 184 Å². The van der Waals surface area contributed by atoms with Crippen molar-refractivity contribution in [1.82, 2.24) is 14.5 Å². The number of nitrogens with zero attached hydrogens (tertiary/aromatic N) is 3. The van der Waals surface area contributed by atoms with Crippen molar-refractivity contribution in [2.75, 3.05) is 17.7 Å². The summed E-state index contributed by atoms with van der Waals surface area (Å²) >= 11 is 0. The maximum atomic E-state index is 12.3. The van der Waals surface area contributed by atoms with E-state index >= 15 is 0 Å². The van der Waals surface area contributed by atoms with E-state index in [2.05, 4.69) is 32.4 Å². The fourth-order valence-electron chi connectivity index (χ4n) is 3.64. The zero-order valence-electron chi connectivity index (χ0n) is 17.8. The third-order valence-corrected chi connectivity index (χ3v) is 5.63. The molecule has 7 nitrogen and oxygen atoms in total. The molecule has 5 rings (SSSR count). The smallest absolute Gasteiger partial charge is 0.258 e. The number of benzene rings is 1. The summed E-state index contributed by atoms with van der Waals surface area (Å²) in [6.45, 7) is 0. The number of pyridine rings is 3. The highest BCUT2D eigenvalue weighted by Crippen LogP contribution is 2.31. The van der Waals surface area contributed by atoms with E-state index in [0.29, 0.717) is 17.0 Å². The first-order valence-corrected chi connectivity index (χ1v) is 10.4. The number of carbonyl (C=O) groups is 1. The van der Waals surface area contributed by atoms with Gasteiger partial charge in [-0.05, 0) is 48.6 Å². The van der Waals surface area contributed by atoms with Crippen LogP contribution in [0.5, 0.6) is 0 Å². The van der Waals surface area contributed by atoms with Crippen LogP contribution in [-0.4, -0.2) is 27.5 Å². The van der Waals surface area contributed by atoms with Crippen LogP contribution in [-0.2, 0) is 11.8 Å². The molecule has 0 bridgehead atoms. The van der Waals surface area contributed by atoms with Gasteiger partial charge in [-0.15, -0.1) is 0 Å². The fraction of sp³-hybridized carbons (Fsp3) is 0.200. The molecule has 3 heterocycles. The summed E-state index contributed by atoms with van der Waals surface area (Å²) in [4.78, 5) is 33.2. The summed E-state index contributed by atoms with van der Waals surface area (Å²) in [6, 6.07) is 9.30. The van der Waals surface area contributed by atoms with E-state index in [4.69, 9.17) is 0 Å². The highest BCUT2D eigenvalue weighted by Gasteiger charge is 2.29. The maximum absolute atomic E-state index is 12.3. The predicted octanol–water partition coefficient (Wildman–Crippen LogP) is 3.27. The van der Waals surface area contributed by atoms with Crippen LogP contribution >= 0.6 is 0 Å². The number of nitrogens with one attached hydrogen (secondary N) is 2. The molecule has 1 fully saturated rings. The zero-order chi connectivity index (χ0) is 22.2. The lowest BCUT2D eigenvalue weighted by molar-refractivity contribution is -0.117. The number of hydrogen-bond acceptors (Lipinski definition) is 5. The average Bonchev–Trinajstić information content (AvgIpc) is 3.65. The Morgan fingerprint density at radius 2 is 1.91 bits per heavy atom. The van der Waals surface area contributed by atoms with Gasteiger partial charge in [-0.2, -0.15) is 0 Å². The fourth-order valence-corrected chi connectivity index (χ4v) is 3.64. The second kappa shape index (κ2) is 7.82. The number of amides is 1. The Morgan fingerprint density at radius 3 is 2.69 bits per heavy atom. The number of anilines is 2. The first-order chi connectivity index (χ1) is 15.5. The minimum atomic E-state index is -0.0341. The van der Waals surface area contributed by atoms with Crippen molar-refractivity contribution in [3.05, 3.63) is 70.4 Å². The van der Waals surface area contributed by atoms with Gasteiger partial charge >= 0.3 is 0 Å². The van der Waals surface area contributed by atoms with Crippen LogP contribution in [0, 0.1) is 17.8 Å². The molecule has 0 aliphatic heterocycles. The molecular formula is C25H21N5O2. The molecule has 1 aromatic carbocycles. The van der Waals surface area contributed by atoms with E-state index in [1.165, 1.54) is 0 Å². The Kier molecular flexibility index (Phi) is 4.83. The molecule has 32 heavy (non-hydrogen) atoms.